The van der Waals surface area contributed by atoms with E-state index in [9.17, 15) is 4.79 Å². The van der Waals surface area contributed by atoms with E-state index in [0.717, 1.165) is 15.2 Å². The van der Waals surface area contributed by atoms with Gasteiger partial charge in [-0.3, -0.25) is 4.79 Å². The average molecular weight is 345 g/mol. The van der Waals surface area contributed by atoms with E-state index in [2.05, 4.69) is 15.3 Å². The predicted molar refractivity (Wildman–Crippen MR) is 94.4 cm³/mol. The SMILES string of the molecule is COc1ccccc1NC(=O)C(C)Sc1ncnc2ccsc12. The second kappa shape index (κ2) is 6.97. The van der Waals surface area contributed by atoms with Crippen molar-refractivity contribution in [3.05, 3.63) is 42.0 Å². The van der Waals surface area contributed by atoms with E-state index in [-0.39, 0.29) is 11.2 Å². The van der Waals surface area contributed by atoms with E-state index in [0.29, 0.717) is 11.4 Å². The lowest BCUT2D eigenvalue weighted by atomic mass is 10.3. The summed E-state index contributed by atoms with van der Waals surface area (Å²) in [5, 5.41) is 5.41. The van der Waals surface area contributed by atoms with Crippen molar-refractivity contribution in [2.75, 3.05) is 12.4 Å². The van der Waals surface area contributed by atoms with Crippen LogP contribution in [-0.4, -0.2) is 28.2 Å². The summed E-state index contributed by atoms with van der Waals surface area (Å²) in [4.78, 5) is 20.9. The summed E-state index contributed by atoms with van der Waals surface area (Å²) >= 11 is 3.01. The molecule has 0 fully saturated rings. The van der Waals surface area contributed by atoms with Crippen molar-refractivity contribution in [1.29, 1.82) is 0 Å². The van der Waals surface area contributed by atoms with Crippen LogP contribution in [0.2, 0.25) is 0 Å². The van der Waals surface area contributed by atoms with E-state index in [1.165, 1.54) is 18.1 Å². The molecule has 2 heterocycles. The fourth-order valence-corrected chi connectivity index (χ4v) is 3.89. The molecule has 23 heavy (non-hydrogen) atoms. The van der Waals surface area contributed by atoms with Gasteiger partial charge >= 0.3 is 0 Å². The lowest BCUT2D eigenvalue weighted by Crippen LogP contribution is -2.22. The Morgan fingerprint density at radius 1 is 1.30 bits per heavy atom. The number of amides is 1. The van der Waals surface area contributed by atoms with E-state index < -0.39 is 0 Å². The zero-order valence-corrected chi connectivity index (χ0v) is 14.3. The van der Waals surface area contributed by atoms with Crippen molar-refractivity contribution >= 4 is 44.9 Å². The van der Waals surface area contributed by atoms with Crippen LogP contribution in [0.25, 0.3) is 10.2 Å². The molecule has 5 nitrogen and oxygen atoms in total. The highest BCUT2D eigenvalue weighted by Crippen LogP contribution is 2.32. The molecule has 7 heteroatoms. The minimum atomic E-state index is -0.292. The van der Waals surface area contributed by atoms with Crippen LogP contribution < -0.4 is 10.1 Å². The van der Waals surface area contributed by atoms with Gasteiger partial charge in [0.15, 0.2) is 0 Å². The molecule has 3 aromatic rings. The molecular formula is C16H15N3O2S2. The van der Waals surface area contributed by atoms with Crippen molar-refractivity contribution in [3.8, 4) is 5.75 Å². The Balaban J connectivity index is 1.74. The first-order chi connectivity index (χ1) is 11.2. The standard InChI is InChI=1S/C16H15N3O2S2/c1-10(15(20)19-11-5-3-4-6-13(11)21-2)23-16-14-12(7-8-22-14)17-9-18-16/h3-10H,1-2H3,(H,19,20). The van der Waals surface area contributed by atoms with Gasteiger partial charge in [-0.05, 0) is 30.5 Å². The van der Waals surface area contributed by atoms with E-state index in [4.69, 9.17) is 4.74 Å². The van der Waals surface area contributed by atoms with Crippen LogP contribution in [0.3, 0.4) is 0 Å². The minimum absolute atomic E-state index is 0.0946. The Labute approximate surface area is 142 Å². The molecule has 0 saturated heterocycles. The molecule has 118 valence electrons. The van der Waals surface area contributed by atoms with Gasteiger partial charge in [0.1, 0.15) is 17.1 Å². The number of nitrogens with one attached hydrogen (secondary N) is 1. The zero-order valence-electron chi connectivity index (χ0n) is 12.6. The number of thioether (sulfide) groups is 1. The van der Waals surface area contributed by atoms with Crippen molar-refractivity contribution in [2.45, 2.75) is 17.2 Å². The maximum absolute atomic E-state index is 12.4. The Morgan fingerprint density at radius 2 is 2.13 bits per heavy atom. The summed E-state index contributed by atoms with van der Waals surface area (Å²) in [5.41, 5.74) is 1.57. The second-order valence-electron chi connectivity index (χ2n) is 4.76. The number of ether oxygens (including phenoxy) is 1. The molecule has 1 aromatic carbocycles. The Bertz CT molecular complexity index is 835. The summed E-state index contributed by atoms with van der Waals surface area (Å²) < 4.78 is 6.26. The van der Waals surface area contributed by atoms with Crippen LogP contribution in [0.15, 0.2) is 47.1 Å². The summed E-state index contributed by atoms with van der Waals surface area (Å²) in [5.74, 6) is 0.545. The maximum Gasteiger partial charge on any atom is 0.237 e. The van der Waals surface area contributed by atoms with E-state index in [1.54, 1.807) is 18.4 Å². The normalized spacial score (nSPS) is 12.1. The topological polar surface area (TPSA) is 64.1 Å². The molecule has 0 saturated carbocycles. The summed E-state index contributed by atoms with van der Waals surface area (Å²) in [6.45, 7) is 1.86. The second-order valence-corrected chi connectivity index (χ2v) is 7.01. The molecular weight excluding hydrogens is 330 g/mol. The van der Waals surface area contributed by atoms with Gasteiger partial charge in [0.25, 0.3) is 0 Å². The number of para-hydroxylation sites is 2. The third kappa shape index (κ3) is 3.46. The molecule has 0 radical (unpaired) electrons. The van der Waals surface area contributed by atoms with Crippen LogP contribution in [0, 0.1) is 0 Å². The number of benzene rings is 1. The highest BCUT2D eigenvalue weighted by atomic mass is 32.2. The zero-order chi connectivity index (χ0) is 16.2. The molecule has 0 spiro atoms. The molecule has 2 aromatic heterocycles. The lowest BCUT2D eigenvalue weighted by molar-refractivity contribution is -0.115. The van der Waals surface area contributed by atoms with Gasteiger partial charge in [0.05, 0.1) is 28.3 Å². The summed E-state index contributed by atoms with van der Waals surface area (Å²) in [6.07, 6.45) is 1.53. The van der Waals surface area contributed by atoms with E-state index >= 15 is 0 Å². The summed E-state index contributed by atoms with van der Waals surface area (Å²) in [7, 11) is 1.58. The predicted octanol–water partition coefficient (Wildman–Crippen LogP) is 3.82. The maximum atomic E-state index is 12.4. The molecule has 1 N–H and O–H groups in total. The number of thiophene rings is 1. The molecule has 3 rings (SSSR count). The van der Waals surface area contributed by atoms with Gasteiger partial charge in [0, 0.05) is 0 Å². The first kappa shape index (κ1) is 15.8. The molecule has 0 aliphatic rings. The number of fused-ring (bicyclic) bond motifs is 1. The molecule has 1 unspecified atom stereocenters. The van der Waals surface area contributed by atoms with Crippen LogP contribution in [0.4, 0.5) is 5.69 Å². The number of aromatic nitrogens is 2. The number of carbonyl (C=O) groups excluding carboxylic acids is 1. The first-order valence-corrected chi connectivity index (χ1v) is 8.73. The smallest absolute Gasteiger partial charge is 0.237 e. The number of nitrogens with zero attached hydrogens (tertiary/aromatic N) is 2. The number of anilines is 1. The Kier molecular flexibility index (Phi) is 4.78. The van der Waals surface area contributed by atoms with Crippen molar-refractivity contribution in [2.24, 2.45) is 0 Å². The van der Waals surface area contributed by atoms with Gasteiger partial charge in [-0.25, -0.2) is 9.97 Å². The fourth-order valence-electron chi connectivity index (χ4n) is 2.05. The van der Waals surface area contributed by atoms with Crippen LogP contribution in [0.5, 0.6) is 5.75 Å². The number of methoxy groups -OCH3 is 1. The fraction of sp³-hybridized carbons (Fsp3) is 0.188. The molecule has 1 amide bonds. The van der Waals surface area contributed by atoms with Gasteiger partial charge < -0.3 is 10.1 Å². The monoisotopic (exact) mass is 345 g/mol. The number of rotatable bonds is 5. The highest BCUT2D eigenvalue weighted by molar-refractivity contribution is 8.00. The quantitative estimate of drug-likeness (QED) is 0.562. The third-order valence-electron chi connectivity index (χ3n) is 3.23. The van der Waals surface area contributed by atoms with Crippen molar-refractivity contribution in [1.82, 2.24) is 9.97 Å². The van der Waals surface area contributed by atoms with Gasteiger partial charge in [-0.15, -0.1) is 11.3 Å². The number of hydrogen-bond donors (Lipinski definition) is 1. The van der Waals surface area contributed by atoms with Gasteiger partial charge in [-0.1, -0.05) is 23.9 Å². The summed E-state index contributed by atoms with van der Waals surface area (Å²) in [6, 6.07) is 9.30. The van der Waals surface area contributed by atoms with E-state index in [1.807, 2.05) is 42.6 Å². The minimum Gasteiger partial charge on any atom is -0.495 e. The molecule has 1 atom stereocenters. The van der Waals surface area contributed by atoms with Gasteiger partial charge in [0.2, 0.25) is 5.91 Å². The first-order valence-electron chi connectivity index (χ1n) is 6.98. The van der Waals surface area contributed by atoms with Crippen molar-refractivity contribution in [3.63, 3.8) is 0 Å². The molecule has 0 aliphatic heterocycles. The molecule has 0 bridgehead atoms. The molecule has 0 aliphatic carbocycles. The Hall–Kier alpha value is -2.12. The highest BCUT2D eigenvalue weighted by Gasteiger charge is 2.18. The van der Waals surface area contributed by atoms with Gasteiger partial charge in [-0.2, -0.15) is 0 Å². The number of hydrogen-bond acceptors (Lipinski definition) is 6. The number of carbonyl (C=O) groups is 1. The lowest BCUT2D eigenvalue weighted by Gasteiger charge is -2.13. The van der Waals surface area contributed by atoms with Crippen molar-refractivity contribution < 1.29 is 9.53 Å². The van der Waals surface area contributed by atoms with Crippen LogP contribution >= 0.6 is 23.1 Å². The third-order valence-corrected chi connectivity index (χ3v) is 5.37. The average Bonchev–Trinajstić information content (AvgIpc) is 3.05. The Morgan fingerprint density at radius 3 is 2.96 bits per heavy atom. The van der Waals surface area contributed by atoms with Crippen LogP contribution in [-0.2, 0) is 4.79 Å². The van der Waals surface area contributed by atoms with Crippen LogP contribution in [0.1, 0.15) is 6.92 Å². The largest absolute Gasteiger partial charge is 0.495 e.